The molecule has 1 unspecified atom stereocenters. The average molecular weight is 432 g/mol. The summed E-state index contributed by atoms with van der Waals surface area (Å²) in [5.41, 5.74) is 0. The largest absolute Gasteiger partial charge is 0.495 e. The van der Waals surface area contributed by atoms with Crippen LogP contribution in [0.1, 0.15) is 19.8 Å². The van der Waals surface area contributed by atoms with E-state index in [-0.39, 0.29) is 33.6 Å². The van der Waals surface area contributed by atoms with Crippen LogP contribution in [0, 0.1) is 5.82 Å². The van der Waals surface area contributed by atoms with Crippen molar-refractivity contribution in [3.05, 3.63) is 22.4 Å². The van der Waals surface area contributed by atoms with Gasteiger partial charge < -0.3 is 10.1 Å². The molecule has 1 aromatic rings. The SMILES string of the molecule is CCCN(C1CCNC1)S(=O)(=O)c1cc(F)c(Br)cc1OC.Cl. The zero-order valence-corrected chi connectivity index (χ0v) is 16.2. The molecule has 2 rings (SSSR count). The topological polar surface area (TPSA) is 58.6 Å². The molecule has 0 amide bonds. The molecule has 5 nitrogen and oxygen atoms in total. The van der Waals surface area contributed by atoms with E-state index in [4.69, 9.17) is 4.74 Å². The third-order valence-corrected chi connectivity index (χ3v) is 6.26. The number of nitrogens with one attached hydrogen (secondary N) is 1. The number of halogens is 3. The smallest absolute Gasteiger partial charge is 0.247 e. The van der Waals surface area contributed by atoms with Crippen LogP contribution in [0.4, 0.5) is 4.39 Å². The molecular formula is C14H21BrClFN2O3S. The number of rotatable bonds is 6. The highest BCUT2D eigenvalue weighted by Crippen LogP contribution is 2.33. The fraction of sp³-hybridized carbons (Fsp3) is 0.571. The Bertz CT molecular complexity index is 639. The Labute approximate surface area is 151 Å². The third kappa shape index (κ3) is 4.36. The molecule has 1 heterocycles. The molecule has 23 heavy (non-hydrogen) atoms. The number of hydrogen-bond acceptors (Lipinski definition) is 4. The Morgan fingerprint density at radius 2 is 2.17 bits per heavy atom. The number of methoxy groups -OCH3 is 1. The highest BCUT2D eigenvalue weighted by molar-refractivity contribution is 9.10. The van der Waals surface area contributed by atoms with E-state index in [9.17, 15) is 12.8 Å². The summed E-state index contributed by atoms with van der Waals surface area (Å²) in [6.45, 7) is 3.71. The van der Waals surface area contributed by atoms with Crippen molar-refractivity contribution < 1.29 is 17.5 Å². The average Bonchev–Trinajstić information content (AvgIpc) is 3.00. The Hall–Kier alpha value is -0.410. The van der Waals surface area contributed by atoms with Crippen molar-refractivity contribution >= 4 is 38.4 Å². The molecule has 132 valence electrons. The van der Waals surface area contributed by atoms with E-state index in [0.29, 0.717) is 19.5 Å². The van der Waals surface area contributed by atoms with Gasteiger partial charge in [-0.15, -0.1) is 12.4 Å². The Morgan fingerprint density at radius 1 is 1.48 bits per heavy atom. The van der Waals surface area contributed by atoms with Crippen LogP contribution < -0.4 is 10.1 Å². The van der Waals surface area contributed by atoms with Gasteiger partial charge in [-0.25, -0.2) is 12.8 Å². The molecular weight excluding hydrogens is 411 g/mol. The lowest BCUT2D eigenvalue weighted by molar-refractivity contribution is 0.331. The van der Waals surface area contributed by atoms with Crippen LogP contribution in [-0.2, 0) is 10.0 Å². The Balaban J connectivity index is 0.00000264. The van der Waals surface area contributed by atoms with Gasteiger partial charge in [-0.3, -0.25) is 0 Å². The first-order valence-electron chi connectivity index (χ1n) is 7.17. The number of hydrogen-bond donors (Lipinski definition) is 1. The minimum Gasteiger partial charge on any atom is -0.495 e. The summed E-state index contributed by atoms with van der Waals surface area (Å²) in [6.07, 6.45) is 1.44. The number of sulfonamides is 1. The summed E-state index contributed by atoms with van der Waals surface area (Å²) >= 11 is 3.05. The predicted octanol–water partition coefficient (Wildman–Crippen LogP) is 2.78. The molecule has 1 atom stereocenters. The van der Waals surface area contributed by atoms with Crippen LogP contribution in [0.3, 0.4) is 0 Å². The van der Waals surface area contributed by atoms with Gasteiger partial charge in [0.05, 0.1) is 11.6 Å². The van der Waals surface area contributed by atoms with Gasteiger partial charge in [0.15, 0.2) is 0 Å². The third-order valence-electron chi connectivity index (χ3n) is 3.68. The molecule has 1 aliphatic heterocycles. The fourth-order valence-corrected chi connectivity index (χ4v) is 4.82. The molecule has 1 saturated heterocycles. The fourth-order valence-electron chi connectivity index (χ4n) is 2.60. The van der Waals surface area contributed by atoms with Crippen LogP contribution in [0.5, 0.6) is 5.75 Å². The van der Waals surface area contributed by atoms with Crippen molar-refractivity contribution in [2.24, 2.45) is 0 Å². The van der Waals surface area contributed by atoms with E-state index in [1.54, 1.807) is 0 Å². The van der Waals surface area contributed by atoms with Crippen molar-refractivity contribution in [2.75, 3.05) is 26.7 Å². The predicted molar refractivity (Wildman–Crippen MR) is 93.4 cm³/mol. The lowest BCUT2D eigenvalue weighted by Crippen LogP contribution is -2.42. The van der Waals surface area contributed by atoms with Gasteiger partial charge in [-0.05, 0) is 47.4 Å². The molecule has 0 saturated carbocycles. The van der Waals surface area contributed by atoms with Crippen molar-refractivity contribution in [1.29, 1.82) is 0 Å². The molecule has 1 N–H and O–H groups in total. The van der Waals surface area contributed by atoms with Crippen molar-refractivity contribution in [2.45, 2.75) is 30.7 Å². The standard InChI is InChI=1S/C14H20BrFN2O3S.ClH/c1-3-6-18(10-4-5-17-9-10)22(19,20)14-8-12(16)11(15)7-13(14)21-2;/h7-8,10,17H,3-6,9H2,1-2H3;1H. The summed E-state index contributed by atoms with van der Waals surface area (Å²) in [5, 5.41) is 3.16. The molecule has 0 aromatic heterocycles. The van der Waals surface area contributed by atoms with Gasteiger partial charge in [0, 0.05) is 19.1 Å². The summed E-state index contributed by atoms with van der Waals surface area (Å²) in [7, 11) is -2.45. The van der Waals surface area contributed by atoms with Gasteiger partial charge >= 0.3 is 0 Å². The van der Waals surface area contributed by atoms with Crippen LogP contribution in [-0.4, -0.2) is 45.5 Å². The first kappa shape index (κ1) is 20.6. The lowest BCUT2D eigenvalue weighted by Gasteiger charge is -2.28. The Kier molecular flexibility index (Phi) is 7.73. The second-order valence-electron chi connectivity index (χ2n) is 5.18. The quantitative estimate of drug-likeness (QED) is 0.752. The van der Waals surface area contributed by atoms with Gasteiger partial charge in [-0.1, -0.05) is 6.92 Å². The molecule has 1 aromatic carbocycles. The summed E-state index contributed by atoms with van der Waals surface area (Å²) in [5.74, 6) is -0.485. The molecule has 0 bridgehead atoms. The van der Waals surface area contributed by atoms with Crippen LogP contribution in [0.2, 0.25) is 0 Å². The zero-order chi connectivity index (χ0) is 16.3. The van der Waals surface area contributed by atoms with Gasteiger partial charge in [0.2, 0.25) is 10.0 Å². The zero-order valence-electron chi connectivity index (χ0n) is 13.0. The minimum absolute atomic E-state index is 0. The maximum atomic E-state index is 13.9. The summed E-state index contributed by atoms with van der Waals surface area (Å²) in [4.78, 5) is -0.129. The second-order valence-corrected chi connectivity index (χ2v) is 7.89. The molecule has 0 radical (unpaired) electrons. The normalized spacial score (nSPS) is 18.0. The van der Waals surface area contributed by atoms with E-state index in [1.165, 1.54) is 17.5 Å². The maximum absolute atomic E-state index is 13.9. The number of ether oxygens (including phenoxy) is 1. The number of benzene rings is 1. The first-order valence-corrected chi connectivity index (χ1v) is 9.40. The number of nitrogens with zero attached hydrogens (tertiary/aromatic N) is 1. The van der Waals surface area contributed by atoms with E-state index in [2.05, 4.69) is 21.2 Å². The molecule has 0 spiro atoms. The van der Waals surface area contributed by atoms with Gasteiger partial charge in [-0.2, -0.15) is 4.31 Å². The maximum Gasteiger partial charge on any atom is 0.247 e. The summed E-state index contributed by atoms with van der Waals surface area (Å²) in [6, 6.07) is 2.25. The lowest BCUT2D eigenvalue weighted by atomic mass is 10.2. The summed E-state index contributed by atoms with van der Waals surface area (Å²) < 4.78 is 46.6. The monoisotopic (exact) mass is 430 g/mol. The molecule has 1 aliphatic rings. The van der Waals surface area contributed by atoms with E-state index < -0.39 is 15.8 Å². The highest BCUT2D eigenvalue weighted by Gasteiger charge is 2.35. The van der Waals surface area contributed by atoms with Crippen molar-refractivity contribution in [3.63, 3.8) is 0 Å². The van der Waals surface area contributed by atoms with Crippen molar-refractivity contribution in [1.82, 2.24) is 9.62 Å². The second kappa shape index (κ2) is 8.62. The van der Waals surface area contributed by atoms with Crippen molar-refractivity contribution in [3.8, 4) is 5.75 Å². The van der Waals surface area contributed by atoms with Crippen LogP contribution in [0.15, 0.2) is 21.5 Å². The van der Waals surface area contributed by atoms with Crippen LogP contribution >= 0.6 is 28.3 Å². The molecule has 0 aliphatic carbocycles. The molecule has 1 fully saturated rings. The van der Waals surface area contributed by atoms with E-state index >= 15 is 0 Å². The first-order chi connectivity index (χ1) is 10.4. The Morgan fingerprint density at radius 3 is 2.70 bits per heavy atom. The van der Waals surface area contributed by atoms with Gasteiger partial charge in [0.25, 0.3) is 0 Å². The highest BCUT2D eigenvalue weighted by atomic mass is 79.9. The van der Waals surface area contributed by atoms with Gasteiger partial charge in [0.1, 0.15) is 16.5 Å². The van der Waals surface area contributed by atoms with E-state index in [0.717, 1.165) is 19.0 Å². The minimum atomic E-state index is -3.82. The van der Waals surface area contributed by atoms with Crippen LogP contribution in [0.25, 0.3) is 0 Å². The van der Waals surface area contributed by atoms with E-state index in [1.807, 2.05) is 6.92 Å². The molecule has 9 heteroatoms.